The number of aryl methyl sites for hydroxylation is 1. The number of amides is 3. The lowest BCUT2D eigenvalue weighted by molar-refractivity contribution is 0.0936. The van der Waals surface area contributed by atoms with Gasteiger partial charge in [-0.25, -0.2) is 10.2 Å². The first-order valence-electron chi connectivity index (χ1n) is 7.16. The second-order valence-corrected chi connectivity index (χ2v) is 6.97. The van der Waals surface area contributed by atoms with Gasteiger partial charge < -0.3 is 5.32 Å². The lowest BCUT2D eigenvalue weighted by Gasteiger charge is -2.09. The van der Waals surface area contributed by atoms with Crippen LogP contribution < -0.4 is 16.2 Å². The quantitative estimate of drug-likeness (QED) is 0.555. The van der Waals surface area contributed by atoms with Gasteiger partial charge in [0.15, 0.2) is 0 Å². The van der Waals surface area contributed by atoms with Crippen LogP contribution in [0.4, 0.5) is 4.79 Å². The van der Waals surface area contributed by atoms with Crippen LogP contribution in [0, 0.1) is 6.92 Å². The van der Waals surface area contributed by atoms with Crippen LogP contribution in [0.2, 0.25) is 0 Å². The second-order valence-electron chi connectivity index (χ2n) is 4.83. The second kappa shape index (κ2) is 9.22. The third-order valence-electron chi connectivity index (χ3n) is 2.96. The first-order valence-corrected chi connectivity index (χ1v) is 9.19. The lowest BCUT2D eigenvalue weighted by Crippen LogP contribution is -2.47. The number of hydrazine groups is 1. The Bertz CT molecular complexity index is 627. The van der Waals surface area contributed by atoms with Crippen molar-refractivity contribution in [3.05, 3.63) is 57.8 Å². The van der Waals surface area contributed by atoms with Gasteiger partial charge in [-0.15, -0.1) is 11.3 Å². The fourth-order valence-corrected chi connectivity index (χ4v) is 3.44. The molecule has 0 fully saturated rings. The number of thioether (sulfide) groups is 1. The molecule has 0 saturated heterocycles. The molecule has 2 rings (SSSR count). The number of nitrogens with one attached hydrogen (secondary N) is 3. The summed E-state index contributed by atoms with van der Waals surface area (Å²) in [7, 11) is 0. The Morgan fingerprint density at radius 1 is 1.13 bits per heavy atom. The molecule has 0 radical (unpaired) electrons. The molecule has 1 aromatic carbocycles. The molecule has 0 aliphatic heterocycles. The van der Waals surface area contributed by atoms with Crippen molar-refractivity contribution in [1.82, 2.24) is 16.2 Å². The van der Waals surface area contributed by atoms with Crippen molar-refractivity contribution in [3.8, 4) is 0 Å². The minimum atomic E-state index is -0.415. The van der Waals surface area contributed by atoms with Gasteiger partial charge in [0.2, 0.25) is 0 Å². The van der Waals surface area contributed by atoms with Gasteiger partial charge in [-0.2, -0.15) is 11.8 Å². The highest BCUT2D eigenvalue weighted by Gasteiger charge is 2.06. The van der Waals surface area contributed by atoms with Gasteiger partial charge in [0.25, 0.3) is 5.91 Å². The fourth-order valence-electron chi connectivity index (χ4n) is 1.74. The van der Waals surface area contributed by atoms with E-state index in [9.17, 15) is 9.59 Å². The van der Waals surface area contributed by atoms with Gasteiger partial charge in [0.05, 0.1) is 0 Å². The lowest BCUT2D eigenvalue weighted by atomic mass is 10.1. The van der Waals surface area contributed by atoms with Crippen molar-refractivity contribution in [2.45, 2.75) is 12.7 Å². The summed E-state index contributed by atoms with van der Waals surface area (Å²) in [6, 6.07) is 10.8. The molecule has 1 aromatic heterocycles. The van der Waals surface area contributed by atoms with Crippen LogP contribution in [0.5, 0.6) is 0 Å². The molecule has 2 aromatic rings. The van der Waals surface area contributed by atoms with Crippen molar-refractivity contribution in [2.24, 2.45) is 0 Å². The predicted molar refractivity (Wildman–Crippen MR) is 95.7 cm³/mol. The summed E-state index contributed by atoms with van der Waals surface area (Å²) in [5, 5.41) is 4.75. The Morgan fingerprint density at radius 3 is 2.61 bits per heavy atom. The van der Waals surface area contributed by atoms with Crippen molar-refractivity contribution in [1.29, 1.82) is 0 Å². The smallest absolute Gasteiger partial charge is 0.333 e. The maximum Gasteiger partial charge on any atom is 0.333 e. The normalized spacial score (nSPS) is 10.1. The summed E-state index contributed by atoms with van der Waals surface area (Å²) in [5.41, 5.74) is 6.30. The maximum atomic E-state index is 11.8. The highest BCUT2D eigenvalue weighted by atomic mass is 32.2. The van der Waals surface area contributed by atoms with E-state index in [0.29, 0.717) is 12.1 Å². The number of urea groups is 1. The van der Waals surface area contributed by atoms with E-state index < -0.39 is 6.03 Å². The minimum absolute atomic E-state index is 0.341. The molecule has 3 N–H and O–H groups in total. The molecule has 5 nitrogen and oxygen atoms in total. The van der Waals surface area contributed by atoms with Crippen molar-refractivity contribution in [3.63, 3.8) is 0 Å². The third-order valence-corrected chi connectivity index (χ3v) is 5.03. The van der Waals surface area contributed by atoms with Gasteiger partial charge in [-0.3, -0.25) is 10.2 Å². The first kappa shape index (κ1) is 17.4. The van der Waals surface area contributed by atoms with E-state index in [-0.39, 0.29) is 5.91 Å². The SMILES string of the molecule is Cc1ccc(C(=O)NNC(=O)NCCSCc2cccs2)cc1. The Balaban J connectivity index is 1.57. The predicted octanol–water partition coefficient (Wildman–Crippen LogP) is 2.93. The van der Waals surface area contributed by atoms with Gasteiger partial charge >= 0.3 is 6.03 Å². The number of hydrogen-bond acceptors (Lipinski definition) is 4. The van der Waals surface area contributed by atoms with E-state index in [2.05, 4.69) is 27.6 Å². The molecule has 122 valence electrons. The van der Waals surface area contributed by atoms with E-state index >= 15 is 0 Å². The Morgan fingerprint density at radius 2 is 1.91 bits per heavy atom. The van der Waals surface area contributed by atoms with Gasteiger partial charge in [-0.1, -0.05) is 23.8 Å². The van der Waals surface area contributed by atoms with E-state index in [4.69, 9.17) is 0 Å². The third kappa shape index (κ3) is 6.33. The summed E-state index contributed by atoms with van der Waals surface area (Å²) in [6.07, 6.45) is 0. The highest BCUT2D eigenvalue weighted by Crippen LogP contribution is 2.16. The number of rotatable bonds is 6. The average molecular weight is 349 g/mol. The molecule has 23 heavy (non-hydrogen) atoms. The average Bonchev–Trinajstić information content (AvgIpc) is 3.06. The van der Waals surface area contributed by atoms with Crippen LogP contribution in [0.25, 0.3) is 0 Å². The standard InChI is InChI=1S/C16H19N3O2S2/c1-12-4-6-13(7-5-12)15(20)18-19-16(21)17-8-10-22-11-14-3-2-9-23-14/h2-7,9H,8,10-11H2,1H3,(H,18,20)(H2,17,19,21). The number of carbonyl (C=O) groups excluding carboxylic acids is 2. The highest BCUT2D eigenvalue weighted by molar-refractivity contribution is 7.98. The summed E-state index contributed by atoms with van der Waals surface area (Å²) in [5.74, 6) is 1.43. The molecule has 7 heteroatoms. The summed E-state index contributed by atoms with van der Waals surface area (Å²) < 4.78 is 0. The van der Waals surface area contributed by atoms with Crippen LogP contribution in [0.1, 0.15) is 20.8 Å². The molecule has 0 unspecified atom stereocenters. The maximum absolute atomic E-state index is 11.8. The van der Waals surface area contributed by atoms with E-state index in [0.717, 1.165) is 17.1 Å². The largest absolute Gasteiger partial charge is 0.336 e. The topological polar surface area (TPSA) is 70.2 Å². The monoisotopic (exact) mass is 349 g/mol. The summed E-state index contributed by atoms with van der Waals surface area (Å²) in [6.45, 7) is 2.49. The molecule has 0 bridgehead atoms. The zero-order valence-corrected chi connectivity index (χ0v) is 14.4. The summed E-state index contributed by atoms with van der Waals surface area (Å²) >= 11 is 3.49. The first-order chi connectivity index (χ1) is 11.1. The number of benzene rings is 1. The van der Waals surface area contributed by atoms with Crippen LogP contribution in [-0.4, -0.2) is 24.2 Å². The Labute approximate surface area is 143 Å². The van der Waals surface area contributed by atoms with Gasteiger partial charge in [-0.05, 0) is 30.5 Å². The van der Waals surface area contributed by atoms with Crippen LogP contribution in [-0.2, 0) is 5.75 Å². The molecule has 3 amide bonds. The van der Waals surface area contributed by atoms with E-state index in [1.165, 1.54) is 4.88 Å². The number of carbonyl (C=O) groups is 2. The van der Waals surface area contributed by atoms with Crippen LogP contribution >= 0.6 is 23.1 Å². The molecule has 0 atom stereocenters. The molecular formula is C16H19N3O2S2. The minimum Gasteiger partial charge on any atom is -0.336 e. The van der Waals surface area contributed by atoms with Crippen molar-refractivity contribution in [2.75, 3.05) is 12.3 Å². The van der Waals surface area contributed by atoms with Gasteiger partial charge in [0.1, 0.15) is 0 Å². The van der Waals surface area contributed by atoms with Crippen LogP contribution in [0.15, 0.2) is 41.8 Å². The van der Waals surface area contributed by atoms with Crippen LogP contribution in [0.3, 0.4) is 0 Å². The molecule has 0 spiro atoms. The van der Waals surface area contributed by atoms with Crippen molar-refractivity contribution < 1.29 is 9.59 Å². The van der Waals surface area contributed by atoms with Gasteiger partial charge in [0, 0.05) is 28.5 Å². The van der Waals surface area contributed by atoms with E-state index in [1.807, 2.05) is 25.1 Å². The zero-order valence-electron chi connectivity index (χ0n) is 12.8. The molecule has 0 aliphatic carbocycles. The molecular weight excluding hydrogens is 330 g/mol. The Hall–Kier alpha value is -1.99. The van der Waals surface area contributed by atoms with Crippen molar-refractivity contribution >= 4 is 35.0 Å². The Kier molecular flexibility index (Phi) is 6.96. The molecule has 0 saturated carbocycles. The fraction of sp³-hybridized carbons (Fsp3) is 0.250. The molecule has 0 aliphatic rings. The number of thiophene rings is 1. The number of hydrogen-bond donors (Lipinski definition) is 3. The zero-order chi connectivity index (χ0) is 16.5. The van der Waals surface area contributed by atoms with E-state index in [1.54, 1.807) is 35.2 Å². The molecule has 1 heterocycles. The summed E-state index contributed by atoms with van der Waals surface area (Å²) in [4.78, 5) is 24.7.